The van der Waals surface area contributed by atoms with Crippen LogP contribution in [0.25, 0.3) is 0 Å². The van der Waals surface area contributed by atoms with Gasteiger partial charge in [0.15, 0.2) is 6.61 Å². The maximum atomic E-state index is 11.9. The maximum absolute atomic E-state index is 11.9. The van der Waals surface area contributed by atoms with E-state index in [2.05, 4.69) is 15.4 Å². The predicted octanol–water partition coefficient (Wildman–Crippen LogP) is 1.38. The van der Waals surface area contributed by atoms with Crippen LogP contribution in [0.2, 0.25) is 0 Å². The van der Waals surface area contributed by atoms with E-state index in [4.69, 9.17) is 4.74 Å². The molecule has 0 heterocycles. The summed E-state index contributed by atoms with van der Waals surface area (Å²) in [4.78, 5) is 47.0. The highest BCUT2D eigenvalue weighted by Crippen LogP contribution is 2.15. The molecule has 2 rings (SSSR count). The van der Waals surface area contributed by atoms with Crippen LogP contribution in [0, 0.1) is 0 Å². The molecule has 0 saturated carbocycles. The topological polar surface area (TPSA) is 111 Å². The summed E-state index contributed by atoms with van der Waals surface area (Å²) in [6.45, 7) is -0.935. The summed E-state index contributed by atoms with van der Waals surface area (Å²) in [5.74, 6) is -2.43. The predicted molar refractivity (Wildman–Crippen MR) is 96.1 cm³/mol. The maximum Gasteiger partial charge on any atom is 0.339 e. The molecule has 0 aliphatic heterocycles. The van der Waals surface area contributed by atoms with Gasteiger partial charge in [0.25, 0.3) is 11.8 Å². The summed E-state index contributed by atoms with van der Waals surface area (Å²) in [6, 6.07) is 14.6. The minimum absolute atomic E-state index is 0.176. The van der Waals surface area contributed by atoms with Crippen LogP contribution in [0.5, 0.6) is 0 Å². The molecule has 0 saturated heterocycles. The summed E-state index contributed by atoms with van der Waals surface area (Å²) in [5.41, 5.74) is 0.819. The molecule has 2 aromatic rings. The van der Waals surface area contributed by atoms with Crippen LogP contribution in [0.1, 0.15) is 20.7 Å². The van der Waals surface area contributed by atoms with Gasteiger partial charge in [-0.25, -0.2) is 4.79 Å². The lowest BCUT2D eigenvalue weighted by molar-refractivity contribution is -0.146. The Morgan fingerprint density at radius 3 is 2.30 bits per heavy atom. The van der Waals surface area contributed by atoms with E-state index in [1.54, 1.807) is 42.5 Å². The number of benzene rings is 2. The number of anilines is 1. The molecule has 0 spiro atoms. The van der Waals surface area contributed by atoms with Crippen LogP contribution in [-0.2, 0) is 19.1 Å². The molecule has 27 heavy (non-hydrogen) atoms. The van der Waals surface area contributed by atoms with Gasteiger partial charge < -0.3 is 20.1 Å². The molecule has 0 aliphatic carbocycles. The second kappa shape index (κ2) is 9.71. The van der Waals surface area contributed by atoms with Crippen molar-refractivity contribution in [1.82, 2.24) is 5.32 Å². The van der Waals surface area contributed by atoms with Crippen molar-refractivity contribution >= 4 is 29.4 Å². The molecule has 2 N–H and O–H groups in total. The Balaban J connectivity index is 1.79. The molecular weight excluding hydrogens is 352 g/mol. The van der Waals surface area contributed by atoms with Crippen LogP contribution >= 0.6 is 0 Å². The Bertz CT molecular complexity index is 835. The SMILES string of the molecule is COC(=O)c1ccccc1NC(=O)COC(=O)CNC(=O)c1ccccc1. The number of rotatable bonds is 7. The van der Waals surface area contributed by atoms with Gasteiger partial charge in [0.05, 0.1) is 18.4 Å². The molecule has 8 nitrogen and oxygen atoms in total. The van der Waals surface area contributed by atoms with E-state index < -0.39 is 30.4 Å². The Kier molecular flexibility index (Phi) is 7.07. The van der Waals surface area contributed by atoms with Gasteiger partial charge in [-0.15, -0.1) is 0 Å². The Morgan fingerprint density at radius 1 is 0.926 bits per heavy atom. The number of nitrogens with one attached hydrogen (secondary N) is 2. The van der Waals surface area contributed by atoms with Crippen LogP contribution in [0.15, 0.2) is 54.6 Å². The number of hydrogen-bond donors (Lipinski definition) is 2. The number of ether oxygens (including phenoxy) is 2. The van der Waals surface area contributed by atoms with Gasteiger partial charge in [-0.1, -0.05) is 30.3 Å². The third-order valence-corrected chi connectivity index (χ3v) is 3.40. The van der Waals surface area contributed by atoms with E-state index in [0.29, 0.717) is 5.56 Å². The lowest BCUT2D eigenvalue weighted by Crippen LogP contribution is -2.32. The number of hydrogen-bond acceptors (Lipinski definition) is 6. The van der Waals surface area contributed by atoms with E-state index in [0.717, 1.165) is 0 Å². The highest BCUT2D eigenvalue weighted by molar-refractivity contribution is 6.02. The molecule has 2 aromatic carbocycles. The summed E-state index contributed by atoms with van der Waals surface area (Å²) in [6.07, 6.45) is 0. The van der Waals surface area contributed by atoms with Gasteiger partial charge >= 0.3 is 11.9 Å². The molecule has 0 aliphatic rings. The highest BCUT2D eigenvalue weighted by atomic mass is 16.5. The molecule has 0 atom stereocenters. The zero-order valence-corrected chi connectivity index (χ0v) is 14.6. The van der Waals surface area contributed by atoms with Crippen molar-refractivity contribution in [2.45, 2.75) is 0 Å². The molecule has 2 amide bonds. The first kappa shape index (κ1) is 19.6. The minimum Gasteiger partial charge on any atom is -0.465 e. The van der Waals surface area contributed by atoms with Crippen molar-refractivity contribution in [2.75, 3.05) is 25.6 Å². The molecule has 0 unspecified atom stereocenters. The van der Waals surface area contributed by atoms with Crippen LogP contribution in [-0.4, -0.2) is 44.0 Å². The normalized spacial score (nSPS) is 9.81. The van der Waals surface area contributed by atoms with Crippen LogP contribution in [0.4, 0.5) is 5.69 Å². The molecule has 140 valence electrons. The van der Waals surface area contributed by atoms with Gasteiger partial charge in [0.1, 0.15) is 6.54 Å². The summed E-state index contributed by atoms with van der Waals surface area (Å²) in [7, 11) is 1.23. The van der Waals surface area contributed by atoms with E-state index in [9.17, 15) is 19.2 Å². The van der Waals surface area contributed by atoms with Gasteiger partial charge in [0.2, 0.25) is 0 Å². The first-order chi connectivity index (χ1) is 13.0. The lowest BCUT2D eigenvalue weighted by Gasteiger charge is -2.10. The number of esters is 2. The fourth-order valence-corrected chi connectivity index (χ4v) is 2.11. The van der Waals surface area contributed by atoms with Crippen molar-refractivity contribution < 1.29 is 28.7 Å². The average molecular weight is 370 g/mol. The quantitative estimate of drug-likeness (QED) is 0.713. The molecule has 8 heteroatoms. The van der Waals surface area contributed by atoms with Crippen molar-refractivity contribution in [3.63, 3.8) is 0 Å². The van der Waals surface area contributed by atoms with Crippen LogP contribution in [0.3, 0.4) is 0 Å². The zero-order valence-electron chi connectivity index (χ0n) is 14.6. The third-order valence-electron chi connectivity index (χ3n) is 3.40. The van der Waals surface area contributed by atoms with Crippen molar-refractivity contribution in [1.29, 1.82) is 0 Å². The Labute approximate surface area is 155 Å². The second-order valence-corrected chi connectivity index (χ2v) is 5.29. The first-order valence-electron chi connectivity index (χ1n) is 7.97. The van der Waals surface area contributed by atoms with Crippen molar-refractivity contribution in [3.8, 4) is 0 Å². The van der Waals surface area contributed by atoms with Crippen molar-refractivity contribution in [3.05, 3.63) is 65.7 Å². The fourth-order valence-electron chi connectivity index (χ4n) is 2.11. The van der Waals surface area contributed by atoms with Gasteiger partial charge in [0, 0.05) is 5.56 Å². The van der Waals surface area contributed by atoms with Gasteiger partial charge in [-0.2, -0.15) is 0 Å². The summed E-state index contributed by atoms with van der Waals surface area (Å²) < 4.78 is 9.44. The number of methoxy groups -OCH3 is 1. The van der Waals surface area contributed by atoms with E-state index in [1.807, 2.05) is 0 Å². The number of para-hydroxylation sites is 1. The largest absolute Gasteiger partial charge is 0.465 e. The molecule has 0 aromatic heterocycles. The number of amides is 2. The van der Waals surface area contributed by atoms with Gasteiger partial charge in [-0.05, 0) is 24.3 Å². The average Bonchev–Trinajstić information content (AvgIpc) is 2.71. The standard InChI is InChI=1S/C19H18N2O6/c1-26-19(25)14-9-5-6-10-15(14)21-16(22)12-27-17(23)11-20-18(24)13-7-3-2-4-8-13/h2-10H,11-12H2,1H3,(H,20,24)(H,21,22). The number of carbonyl (C=O) groups is 4. The smallest absolute Gasteiger partial charge is 0.339 e. The van der Waals surface area contributed by atoms with Crippen LogP contribution < -0.4 is 10.6 Å². The van der Waals surface area contributed by atoms with E-state index in [1.165, 1.54) is 19.2 Å². The zero-order chi connectivity index (χ0) is 19.6. The fraction of sp³-hybridized carbons (Fsp3) is 0.158. The number of carbonyl (C=O) groups excluding carboxylic acids is 4. The first-order valence-corrected chi connectivity index (χ1v) is 7.97. The molecule has 0 fully saturated rings. The Hall–Kier alpha value is -3.68. The second-order valence-electron chi connectivity index (χ2n) is 5.29. The minimum atomic E-state index is -0.768. The Morgan fingerprint density at radius 2 is 1.59 bits per heavy atom. The molecule has 0 radical (unpaired) electrons. The van der Waals surface area contributed by atoms with Crippen molar-refractivity contribution in [2.24, 2.45) is 0 Å². The summed E-state index contributed by atoms with van der Waals surface area (Å²) in [5, 5.41) is 4.86. The third kappa shape index (κ3) is 5.96. The molecule has 0 bridgehead atoms. The van der Waals surface area contributed by atoms with Gasteiger partial charge in [-0.3, -0.25) is 14.4 Å². The van der Waals surface area contributed by atoms with E-state index in [-0.39, 0.29) is 17.8 Å². The lowest BCUT2D eigenvalue weighted by atomic mass is 10.2. The summed E-state index contributed by atoms with van der Waals surface area (Å²) >= 11 is 0. The monoisotopic (exact) mass is 370 g/mol. The highest BCUT2D eigenvalue weighted by Gasteiger charge is 2.15. The van der Waals surface area contributed by atoms with E-state index >= 15 is 0 Å². The molecular formula is C19H18N2O6.